The number of aliphatic hydroxyl groups is 2. The summed E-state index contributed by atoms with van der Waals surface area (Å²) in [5.41, 5.74) is 0.430. The van der Waals surface area contributed by atoms with Crippen molar-refractivity contribution in [2.75, 3.05) is 11.9 Å². The molecule has 2 heterocycles. The van der Waals surface area contributed by atoms with Crippen LogP contribution in [0.2, 0.25) is 0 Å². The van der Waals surface area contributed by atoms with Gasteiger partial charge in [-0.15, -0.1) is 0 Å². The highest BCUT2D eigenvalue weighted by atomic mass is 19.1. The monoisotopic (exact) mass is 460 g/mol. The number of halogens is 1. The molecule has 0 spiro atoms. The quantitative estimate of drug-likeness (QED) is 0.369. The largest absolute Gasteiger partial charge is 0.494 e. The number of aryl methyl sites for hydroxylation is 1. The van der Waals surface area contributed by atoms with Crippen LogP contribution < -0.4 is 10.1 Å². The first kappa shape index (κ1) is 24.3. The van der Waals surface area contributed by atoms with Gasteiger partial charge in [0.15, 0.2) is 23.3 Å². The Morgan fingerprint density at radius 3 is 2.76 bits per heavy atom. The van der Waals surface area contributed by atoms with Crippen LogP contribution in [0.3, 0.4) is 0 Å². The maximum absolute atomic E-state index is 14.3. The molecule has 0 fully saturated rings. The third kappa shape index (κ3) is 6.11. The highest BCUT2D eigenvalue weighted by Gasteiger charge is 2.26. The molecule has 0 saturated carbocycles. The zero-order chi connectivity index (χ0) is 24.1. The Hall–Kier alpha value is -3.37. The summed E-state index contributed by atoms with van der Waals surface area (Å²) in [7, 11) is 0. The van der Waals surface area contributed by atoms with Gasteiger partial charge in [0.25, 0.3) is 0 Å². The second-order valence-electron chi connectivity index (χ2n) is 8.32. The number of anilines is 1. The zero-order valence-corrected chi connectivity index (χ0v) is 18.8. The van der Waals surface area contributed by atoms with Crippen molar-refractivity contribution >= 4 is 11.7 Å². The topological polar surface area (TPSA) is 122 Å². The molecule has 3 aromatic rings. The normalized spacial score (nSPS) is 13.2. The number of amides is 1. The number of aromatic hydroxyl groups is 1. The van der Waals surface area contributed by atoms with Gasteiger partial charge < -0.3 is 29.9 Å². The zero-order valence-electron chi connectivity index (χ0n) is 18.8. The summed E-state index contributed by atoms with van der Waals surface area (Å²) in [6.45, 7) is 5.20. The Morgan fingerprint density at radius 1 is 1.30 bits per heavy atom. The molecule has 4 N–H and O–H groups in total. The van der Waals surface area contributed by atoms with Gasteiger partial charge in [-0.25, -0.2) is 4.39 Å². The smallest absolute Gasteiger partial charge is 0.248 e. The van der Waals surface area contributed by atoms with Crippen LogP contribution in [-0.2, 0) is 11.3 Å². The number of rotatable bonds is 10. The van der Waals surface area contributed by atoms with Crippen LogP contribution in [0.4, 0.5) is 10.2 Å². The SMILES string of the molecule is Cc1cccc(Oc2cc(O)n([C@@H](CC(C)C)C(=O)Nc3ccn(C[C@@H](O)CO)n3)c2)c1F. The first-order valence-electron chi connectivity index (χ1n) is 10.6. The first-order chi connectivity index (χ1) is 15.7. The van der Waals surface area contributed by atoms with E-state index < -0.39 is 30.5 Å². The number of carbonyl (C=O) groups is 1. The minimum absolute atomic E-state index is 0.0209. The van der Waals surface area contributed by atoms with E-state index in [4.69, 9.17) is 9.84 Å². The van der Waals surface area contributed by atoms with Crippen molar-refractivity contribution in [1.29, 1.82) is 0 Å². The summed E-state index contributed by atoms with van der Waals surface area (Å²) in [4.78, 5) is 13.1. The Balaban J connectivity index is 1.79. The number of carbonyl (C=O) groups excluding carboxylic acids is 1. The molecule has 1 aromatic carbocycles. The molecule has 0 aliphatic carbocycles. The average molecular weight is 461 g/mol. The molecule has 2 aromatic heterocycles. The summed E-state index contributed by atoms with van der Waals surface area (Å²) in [5.74, 6) is -0.495. The number of hydrogen-bond donors (Lipinski definition) is 4. The van der Waals surface area contributed by atoms with Gasteiger partial charge in [-0.3, -0.25) is 9.48 Å². The lowest BCUT2D eigenvalue weighted by Gasteiger charge is -2.20. The third-order valence-electron chi connectivity index (χ3n) is 5.02. The molecule has 0 aliphatic rings. The fourth-order valence-electron chi connectivity index (χ4n) is 3.38. The lowest BCUT2D eigenvalue weighted by molar-refractivity contribution is -0.119. The summed E-state index contributed by atoms with van der Waals surface area (Å²) in [6.07, 6.45) is 2.48. The molecule has 0 unspecified atom stereocenters. The van der Waals surface area contributed by atoms with Crippen molar-refractivity contribution in [1.82, 2.24) is 14.3 Å². The number of ether oxygens (including phenoxy) is 1. The van der Waals surface area contributed by atoms with Gasteiger partial charge in [-0.2, -0.15) is 5.10 Å². The van der Waals surface area contributed by atoms with Crippen molar-refractivity contribution in [2.24, 2.45) is 5.92 Å². The fourth-order valence-corrected chi connectivity index (χ4v) is 3.38. The van der Waals surface area contributed by atoms with Crippen LogP contribution in [0.15, 0.2) is 42.7 Å². The molecule has 9 nitrogen and oxygen atoms in total. The van der Waals surface area contributed by atoms with E-state index in [2.05, 4.69) is 10.4 Å². The van der Waals surface area contributed by atoms with Gasteiger partial charge in [0.1, 0.15) is 11.8 Å². The van der Waals surface area contributed by atoms with Crippen LogP contribution in [-0.4, -0.2) is 48.3 Å². The average Bonchev–Trinajstić information content (AvgIpc) is 3.35. The van der Waals surface area contributed by atoms with Gasteiger partial charge in [0.2, 0.25) is 5.91 Å². The lowest BCUT2D eigenvalue weighted by atomic mass is 10.0. The second kappa shape index (κ2) is 10.5. The number of nitrogens with one attached hydrogen (secondary N) is 1. The summed E-state index contributed by atoms with van der Waals surface area (Å²) >= 11 is 0. The van der Waals surface area contributed by atoms with E-state index in [1.807, 2.05) is 13.8 Å². The summed E-state index contributed by atoms with van der Waals surface area (Å²) in [6, 6.07) is 6.89. The molecule has 2 atom stereocenters. The van der Waals surface area contributed by atoms with Gasteiger partial charge >= 0.3 is 0 Å². The standard InChI is InChI=1S/C23H29FN4O5/c1-14(2)9-18(23(32)25-20-7-8-27(26-20)11-16(30)13-29)28-12-17(10-21(28)31)33-19-6-4-5-15(3)22(19)24/h4-8,10,12,14,16,18,29-31H,9,11,13H2,1-3H3,(H,25,26,32)/t16-,18+/m1/s1. The van der Waals surface area contributed by atoms with Crippen LogP contribution in [0.25, 0.3) is 0 Å². The lowest BCUT2D eigenvalue weighted by Crippen LogP contribution is -2.27. The van der Waals surface area contributed by atoms with E-state index >= 15 is 0 Å². The van der Waals surface area contributed by atoms with Crippen molar-refractivity contribution in [3.05, 3.63) is 54.1 Å². The minimum atomic E-state index is -0.962. The Bertz CT molecular complexity index is 1090. The number of nitrogens with zero attached hydrogens (tertiary/aromatic N) is 3. The van der Waals surface area contributed by atoms with Gasteiger partial charge in [-0.05, 0) is 30.9 Å². The maximum atomic E-state index is 14.3. The predicted octanol–water partition coefficient (Wildman–Crippen LogP) is 3.21. The highest BCUT2D eigenvalue weighted by molar-refractivity contribution is 5.93. The Labute approximate surface area is 191 Å². The van der Waals surface area contributed by atoms with Gasteiger partial charge in [0.05, 0.1) is 25.5 Å². The molecule has 178 valence electrons. The van der Waals surface area contributed by atoms with Crippen LogP contribution in [0.5, 0.6) is 17.4 Å². The predicted molar refractivity (Wildman–Crippen MR) is 120 cm³/mol. The highest BCUT2D eigenvalue weighted by Crippen LogP contribution is 2.33. The second-order valence-corrected chi connectivity index (χ2v) is 8.32. The number of benzene rings is 1. The molecule has 0 saturated heterocycles. The molecule has 10 heteroatoms. The molecular formula is C23H29FN4O5. The molecule has 0 bridgehead atoms. The van der Waals surface area contributed by atoms with E-state index in [0.29, 0.717) is 12.0 Å². The third-order valence-corrected chi connectivity index (χ3v) is 5.02. The van der Waals surface area contributed by atoms with Gasteiger partial charge in [-0.1, -0.05) is 26.0 Å². The Kier molecular flexibility index (Phi) is 7.72. The van der Waals surface area contributed by atoms with E-state index in [0.717, 1.165) is 0 Å². The van der Waals surface area contributed by atoms with E-state index in [-0.39, 0.29) is 35.7 Å². The van der Waals surface area contributed by atoms with Gasteiger partial charge in [0, 0.05) is 18.3 Å². The first-order valence-corrected chi connectivity index (χ1v) is 10.6. The van der Waals surface area contributed by atoms with Crippen molar-refractivity contribution in [3.8, 4) is 17.4 Å². The number of aliphatic hydroxyl groups excluding tert-OH is 2. The van der Waals surface area contributed by atoms with Crippen LogP contribution in [0.1, 0.15) is 31.9 Å². The Morgan fingerprint density at radius 2 is 2.06 bits per heavy atom. The van der Waals surface area contributed by atoms with E-state index in [9.17, 15) is 19.4 Å². The van der Waals surface area contributed by atoms with Crippen LogP contribution in [0, 0.1) is 18.7 Å². The van der Waals surface area contributed by atoms with E-state index in [1.54, 1.807) is 31.3 Å². The molecule has 3 rings (SSSR count). The number of hydrogen-bond acceptors (Lipinski definition) is 6. The molecular weight excluding hydrogens is 431 g/mol. The van der Waals surface area contributed by atoms with Crippen LogP contribution >= 0.6 is 0 Å². The van der Waals surface area contributed by atoms with Crippen molar-refractivity contribution in [2.45, 2.75) is 45.9 Å². The molecule has 0 aliphatic heterocycles. The summed E-state index contributed by atoms with van der Waals surface area (Å²) < 4.78 is 22.7. The fraction of sp³-hybridized carbons (Fsp3) is 0.391. The molecule has 1 amide bonds. The molecule has 33 heavy (non-hydrogen) atoms. The van der Waals surface area contributed by atoms with Crippen molar-refractivity contribution in [3.63, 3.8) is 0 Å². The number of aromatic nitrogens is 3. The maximum Gasteiger partial charge on any atom is 0.248 e. The summed E-state index contributed by atoms with van der Waals surface area (Å²) in [5, 5.41) is 35.9. The van der Waals surface area contributed by atoms with E-state index in [1.165, 1.54) is 27.6 Å². The van der Waals surface area contributed by atoms with Crippen molar-refractivity contribution < 1.29 is 29.2 Å². The molecule has 0 radical (unpaired) electrons. The minimum Gasteiger partial charge on any atom is -0.494 e.